The molecule has 6 heteroatoms. The number of nitrogens with one attached hydrogen (secondary N) is 1. The number of carbonyl (C=O) groups excluding carboxylic acids is 1. The van der Waals surface area contributed by atoms with Crippen molar-refractivity contribution in [3.8, 4) is 0 Å². The molecule has 1 heterocycles. The Balaban J connectivity index is 2.81. The van der Waals surface area contributed by atoms with Gasteiger partial charge in [0.25, 0.3) is 0 Å². The van der Waals surface area contributed by atoms with Crippen LogP contribution in [-0.4, -0.2) is 32.8 Å². The first-order valence-electron chi connectivity index (χ1n) is 8.16. The van der Waals surface area contributed by atoms with Crippen LogP contribution >= 0.6 is 0 Å². The summed E-state index contributed by atoms with van der Waals surface area (Å²) in [6.45, 7) is 12.7. The predicted molar refractivity (Wildman–Crippen MR) is 89.3 cm³/mol. The number of carboxylic acid groups (broad SMARTS) is 1. The number of nitrogens with zero attached hydrogens (tertiary/aromatic N) is 2. The zero-order chi connectivity index (χ0) is 17.7. The van der Waals surface area contributed by atoms with Crippen molar-refractivity contribution in [2.75, 3.05) is 0 Å². The summed E-state index contributed by atoms with van der Waals surface area (Å²) in [5.74, 6) is -0.588. The molecule has 0 spiro atoms. The molecule has 0 unspecified atom stereocenters. The highest BCUT2D eigenvalue weighted by Crippen LogP contribution is 2.15. The Morgan fingerprint density at radius 3 is 2.26 bits per heavy atom. The number of aryl methyl sites for hydroxylation is 1. The number of aromatic nitrogens is 2. The van der Waals surface area contributed by atoms with Crippen LogP contribution in [0.3, 0.4) is 0 Å². The lowest BCUT2D eigenvalue weighted by Crippen LogP contribution is -2.42. The highest BCUT2D eigenvalue weighted by atomic mass is 16.4. The normalized spacial score (nSPS) is 12.7. The van der Waals surface area contributed by atoms with Crippen LogP contribution in [0.4, 0.5) is 0 Å². The summed E-state index contributed by atoms with van der Waals surface area (Å²) in [7, 11) is 0. The summed E-state index contributed by atoms with van der Waals surface area (Å²) < 4.78 is 1.92. The fourth-order valence-corrected chi connectivity index (χ4v) is 2.61. The zero-order valence-corrected chi connectivity index (χ0v) is 15.0. The van der Waals surface area contributed by atoms with E-state index in [1.54, 1.807) is 0 Å². The molecule has 23 heavy (non-hydrogen) atoms. The summed E-state index contributed by atoms with van der Waals surface area (Å²) in [5.41, 5.74) is 2.69. The molecule has 0 radical (unpaired) electrons. The number of amides is 1. The molecule has 0 aliphatic rings. The molecule has 1 aromatic heterocycles. The molecule has 0 fully saturated rings. The second-order valence-electron chi connectivity index (χ2n) is 6.99. The van der Waals surface area contributed by atoms with E-state index in [1.807, 2.05) is 32.4 Å². The third kappa shape index (κ3) is 5.69. The number of aliphatic carboxylic acids is 1. The van der Waals surface area contributed by atoms with Gasteiger partial charge >= 0.3 is 5.97 Å². The minimum atomic E-state index is -0.990. The fourth-order valence-electron chi connectivity index (χ4n) is 2.61. The van der Waals surface area contributed by atoms with Gasteiger partial charge in [-0.05, 0) is 32.1 Å². The largest absolute Gasteiger partial charge is 0.480 e. The summed E-state index contributed by atoms with van der Waals surface area (Å²) in [5, 5.41) is 16.3. The quantitative estimate of drug-likeness (QED) is 0.769. The second-order valence-corrected chi connectivity index (χ2v) is 6.99. The first-order chi connectivity index (χ1) is 10.6. The van der Waals surface area contributed by atoms with Gasteiger partial charge in [0.05, 0.1) is 12.1 Å². The smallest absolute Gasteiger partial charge is 0.326 e. The van der Waals surface area contributed by atoms with Gasteiger partial charge in [-0.15, -0.1) is 0 Å². The monoisotopic (exact) mass is 323 g/mol. The Kier molecular flexibility index (Phi) is 6.79. The molecule has 6 nitrogen and oxygen atoms in total. The van der Waals surface area contributed by atoms with Crippen molar-refractivity contribution in [1.29, 1.82) is 0 Å². The van der Waals surface area contributed by atoms with Gasteiger partial charge in [0, 0.05) is 17.8 Å². The molecule has 130 valence electrons. The van der Waals surface area contributed by atoms with Gasteiger partial charge in [-0.2, -0.15) is 5.10 Å². The van der Waals surface area contributed by atoms with Gasteiger partial charge in [-0.1, -0.05) is 27.7 Å². The van der Waals surface area contributed by atoms with Crippen molar-refractivity contribution in [2.24, 2.45) is 11.8 Å². The van der Waals surface area contributed by atoms with Crippen molar-refractivity contribution >= 4 is 11.9 Å². The third-order valence-electron chi connectivity index (χ3n) is 3.75. The number of hydrogen-bond acceptors (Lipinski definition) is 3. The molecule has 0 aliphatic heterocycles. The van der Waals surface area contributed by atoms with Crippen LogP contribution in [0.25, 0.3) is 0 Å². The van der Waals surface area contributed by atoms with Gasteiger partial charge in [0.15, 0.2) is 0 Å². The van der Waals surface area contributed by atoms with Crippen molar-refractivity contribution in [3.05, 3.63) is 17.0 Å². The topological polar surface area (TPSA) is 84.2 Å². The number of hydrogen-bond donors (Lipinski definition) is 2. The van der Waals surface area contributed by atoms with Crippen molar-refractivity contribution < 1.29 is 14.7 Å². The molecule has 0 saturated carbocycles. The molecule has 2 N–H and O–H groups in total. The van der Waals surface area contributed by atoms with Gasteiger partial charge in [0.2, 0.25) is 5.91 Å². The van der Waals surface area contributed by atoms with Crippen molar-refractivity contribution in [1.82, 2.24) is 15.1 Å². The maximum atomic E-state index is 12.2. The summed E-state index contributed by atoms with van der Waals surface area (Å²) in [6.07, 6.45) is 0.587. The average molecular weight is 323 g/mol. The Morgan fingerprint density at radius 1 is 1.17 bits per heavy atom. The molecule has 1 amide bonds. The lowest BCUT2D eigenvalue weighted by atomic mass is 10.0. The lowest BCUT2D eigenvalue weighted by molar-refractivity contribution is -0.142. The highest BCUT2D eigenvalue weighted by Gasteiger charge is 2.22. The molecule has 1 rings (SSSR count). The minimum Gasteiger partial charge on any atom is -0.480 e. The predicted octanol–water partition coefficient (Wildman–Crippen LogP) is 2.31. The summed E-state index contributed by atoms with van der Waals surface area (Å²) in [4.78, 5) is 23.5. The van der Waals surface area contributed by atoms with E-state index in [-0.39, 0.29) is 18.2 Å². The Bertz CT molecular complexity index is 562. The number of carboxylic acids is 1. The molecule has 0 aromatic carbocycles. The molecule has 0 saturated heterocycles. The van der Waals surface area contributed by atoms with E-state index >= 15 is 0 Å². The fraction of sp³-hybridized carbons (Fsp3) is 0.706. The van der Waals surface area contributed by atoms with Crippen molar-refractivity contribution in [2.45, 2.75) is 67.0 Å². The molecular weight excluding hydrogens is 294 g/mol. The maximum absolute atomic E-state index is 12.2. The molecule has 1 atom stereocenters. The molecule has 0 bridgehead atoms. The van der Waals surface area contributed by atoms with Crippen LogP contribution in [0.15, 0.2) is 0 Å². The number of carbonyl (C=O) groups is 2. The SMILES string of the molecule is Cc1nn(CC(C)C)c(C)c1CC(=O)N[C@H](CC(C)C)C(=O)O. The van der Waals surface area contributed by atoms with E-state index in [4.69, 9.17) is 0 Å². The zero-order valence-electron chi connectivity index (χ0n) is 15.0. The van der Waals surface area contributed by atoms with Gasteiger partial charge in [0.1, 0.15) is 6.04 Å². The van der Waals surface area contributed by atoms with Crippen LogP contribution < -0.4 is 5.32 Å². The maximum Gasteiger partial charge on any atom is 0.326 e. The van der Waals surface area contributed by atoms with Crippen LogP contribution in [0.2, 0.25) is 0 Å². The highest BCUT2D eigenvalue weighted by molar-refractivity contribution is 5.85. The Morgan fingerprint density at radius 2 is 1.78 bits per heavy atom. The molecular formula is C17H29N3O3. The third-order valence-corrected chi connectivity index (χ3v) is 3.75. The van der Waals surface area contributed by atoms with Gasteiger partial charge in [-0.3, -0.25) is 9.48 Å². The van der Waals surface area contributed by atoms with Crippen LogP contribution in [-0.2, 0) is 22.6 Å². The van der Waals surface area contributed by atoms with Crippen LogP contribution in [0.5, 0.6) is 0 Å². The van der Waals surface area contributed by atoms with Crippen molar-refractivity contribution in [3.63, 3.8) is 0 Å². The first-order valence-corrected chi connectivity index (χ1v) is 8.16. The standard InChI is InChI=1S/C17H29N3O3/c1-10(2)7-15(17(22)23)18-16(21)8-14-12(5)19-20(13(14)6)9-11(3)4/h10-11,15H,7-9H2,1-6H3,(H,18,21)(H,22,23)/t15-/m1/s1. The van der Waals surface area contributed by atoms with Crippen LogP contribution in [0.1, 0.15) is 51.1 Å². The Labute approximate surface area is 138 Å². The average Bonchev–Trinajstić information content (AvgIpc) is 2.64. The van der Waals surface area contributed by atoms with E-state index in [9.17, 15) is 14.7 Å². The van der Waals surface area contributed by atoms with Gasteiger partial charge in [-0.25, -0.2) is 4.79 Å². The second kappa shape index (κ2) is 8.13. The lowest BCUT2D eigenvalue weighted by Gasteiger charge is -2.16. The van der Waals surface area contributed by atoms with E-state index in [1.165, 1.54) is 0 Å². The summed E-state index contributed by atoms with van der Waals surface area (Å²) in [6, 6.07) is -0.839. The Hall–Kier alpha value is -1.85. The molecule has 0 aliphatic carbocycles. The number of rotatable bonds is 8. The molecule has 1 aromatic rings. The first kappa shape index (κ1) is 19.2. The van der Waals surface area contributed by atoms with Gasteiger partial charge < -0.3 is 10.4 Å². The van der Waals surface area contributed by atoms with Crippen LogP contribution in [0, 0.1) is 25.7 Å². The minimum absolute atomic E-state index is 0.164. The summed E-state index contributed by atoms with van der Waals surface area (Å²) >= 11 is 0. The van der Waals surface area contributed by atoms with E-state index < -0.39 is 12.0 Å². The van der Waals surface area contributed by atoms with E-state index in [0.29, 0.717) is 12.3 Å². The van der Waals surface area contributed by atoms with E-state index in [0.717, 1.165) is 23.5 Å². The van der Waals surface area contributed by atoms with E-state index in [2.05, 4.69) is 24.3 Å².